The number of alkyl halides is 4. The van der Waals surface area contributed by atoms with E-state index in [9.17, 15) is 22.4 Å². The van der Waals surface area contributed by atoms with Gasteiger partial charge >= 0.3 is 13.2 Å². The number of ether oxygens (including phenoxy) is 2. The molecule has 0 bridgehead atoms. The van der Waals surface area contributed by atoms with Crippen LogP contribution in [0.5, 0.6) is 11.5 Å². The highest BCUT2D eigenvalue weighted by Crippen LogP contribution is 2.26. The third kappa shape index (κ3) is 6.28. The van der Waals surface area contributed by atoms with Crippen molar-refractivity contribution in [2.24, 2.45) is 5.10 Å². The molecular formula is C16H16F4N4O3. The summed E-state index contributed by atoms with van der Waals surface area (Å²) in [6.07, 6.45) is 1.04. The molecule has 0 saturated carbocycles. The van der Waals surface area contributed by atoms with E-state index in [-0.39, 0.29) is 17.9 Å². The number of hydrogen-bond acceptors (Lipinski definition) is 5. The van der Waals surface area contributed by atoms with Gasteiger partial charge in [0.1, 0.15) is 18.0 Å². The molecule has 0 aliphatic carbocycles. The molecule has 0 fully saturated rings. The highest BCUT2D eigenvalue weighted by Gasteiger charge is 2.13. The quantitative estimate of drug-likeness (QED) is 0.429. The topological polar surface area (TPSA) is 77.7 Å². The molecule has 0 aliphatic heterocycles. The lowest BCUT2D eigenvalue weighted by molar-refractivity contribution is -0.121. The van der Waals surface area contributed by atoms with Gasteiger partial charge in [0.05, 0.1) is 11.9 Å². The number of hydrazone groups is 1. The monoisotopic (exact) mass is 388 g/mol. The molecule has 11 heteroatoms. The summed E-state index contributed by atoms with van der Waals surface area (Å²) in [5, 5.41) is 7.78. The van der Waals surface area contributed by atoms with E-state index >= 15 is 0 Å². The highest BCUT2D eigenvalue weighted by atomic mass is 19.3. The Kier molecular flexibility index (Phi) is 6.74. The molecule has 146 valence electrons. The summed E-state index contributed by atoms with van der Waals surface area (Å²) in [4.78, 5) is 11.9. The highest BCUT2D eigenvalue weighted by molar-refractivity contribution is 5.85. The molecular weight excluding hydrogens is 372 g/mol. The fourth-order valence-electron chi connectivity index (χ4n) is 2.18. The molecule has 0 unspecified atom stereocenters. The van der Waals surface area contributed by atoms with Crippen LogP contribution < -0.4 is 14.9 Å². The van der Waals surface area contributed by atoms with Gasteiger partial charge in [0.2, 0.25) is 0 Å². The van der Waals surface area contributed by atoms with Crippen molar-refractivity contribution in [1.29, 1.82) is 0 Å². The van der Waals surface area contributed by atoms with Crippen LogP contribution in [-0.4, -0.2) is 35.1 Å². The number of hydrogen-bond donors (Lipinski definition) is 1. The van der Waals surface area contributed by atoms with Crippen molar-refractivity contribution in [2.45, 2.75) is 33.6 Å². The van der Waals surface area contributed by atoms with E-state index in [1.807, 2.05) is 0 Å². The smallest absolute Gasteiger partial charge is 0.387 e. The molecule has 27 heavy (non-hydrogen) atoms. The van der Waals surface area contributed by atoms with Crippen LogP contribution in [0.3, 0.4) is 0 Å². The first-order chi connectivity index (χ1) is 12.7. The van der Waals surface area contributed by atoms with Crippen LogP contribution in [-0.2, 0) is 11.3 Å². The van der Waals surface area contributed by atoms with Crippen molar-refractivity contribution in [2.75, 3.05) is 0 Å². The molecule has 2 aromatic rings. The van der Waals surface area contributed by atoms with Crippen molar-refractivity contribution in [3.05, 3.63) is 41.2 Å². The van der Waals surface area contributed by atoms with Gasteiger partial charge < -0.3 is 9.47 Å². The fraction of sp³-hybridized carbons (Fsp3) is 0.312. The minimum atomic E-state index is -3.18. The average molecular weight is 388 g/mol. The van der Waals surface area contributed by atoms with Gasteiger partial charge in [-0.25, -0.2) is 5.43 Å². The minimum Gasteiger partial charge on any atom is -0.435 e. The van der Waals surface area contributed by atoms with E-state index in [4.69, 9.17) is 0 Å². The maximum atomic E-state index is 12.5. The number of amides is 1. The van der Waals surface area contributed by atoms with Crippen molar-refractivity contribution < 1.29 is 31.8 Å². The first kappa shape index (κ1) is 20.2. The Labute approximate surface area is 151 Å². The van der Waals surface area contributed by atoms with Crippen LogP contribution in [0.15, 0.2) is 29.4 Å². The summed E-state index contributed by atoms with van der Waals surface area (Å²) in [7, 11) is 0. The average Bonchev–Trinajstić information content (AvgIpc) is 2.85. The standard InChI is InChI=1S/C16H16F4N4O3/c1-9-5-10(2)24(23-9)8-14(25)22-21-7-11-3-4-12(26-15(17)18)6-13(11)27-16(19)20/h3-7,15-16H,8H2,1-2H3,(H,22,25)/b21-7-. The van der Waals surface area contributed by atoms with Crippen LogP contribution in [0.4, 0.5) is 17.6 Å². The number of nitrogens with one attached hydrogen (secondary N) is 1. The number of nitrogens with zero attached hydrogens (tertiary/aromatic N) is 3. The molecule has 0 radical (unpaired) electrons. The summed E-state index contributed by atoms with van der Waals surface area (Å²) in [6.45, 7) is -2.81. The lowest BCUT2D eigenvalue weighted by Crippen LogP contribution is -2.24. The number of halogens is 4. The molecule has 0 atom stereocenters. The Bertz CT molecular complexity index is 824. The third-order valence-electron chi connectivity index (χ3n) is 3.22. The zero-order chi connectivity index (χ0) is 20.0. The van der Waals surface area contributed by atoms with Gasteiger partial charge in [-0.1, -0.05) is 0 Å². The number of carbonyl (C=O) groups excluding carboxylic acids is 1. The second-order valence-electron chi connectivity index (χ2n) is 5.33. The van der Waals surface area contributed by atoms with Gasteiger partial charge in [-0.3, -0.25) is 9.48 Å². The number of aryl methyl sites for hydroxylation is 2. The number of carbonyl (C=O) groups is 1. The molecule has 2 rings (SSSR count). The second-order valence-corrected chi connectivity index (χ2v) is 5.33. The lowest BCUT2D eigenvalue weighted by atomic mass is 10.2. The van der Waals surface area contributed by atoms with Crippen LogP contribution >= 0.6 is 0 Å². The largest absolute Gasteiger partial charge is 0.435 e. The van der Waals surface area contributed by atoms with Crippen molar-refractivity contribution in [3.8, 4) is 11.5 Å². The maximum absolute atomic E-state index is 12.5. The van der Waals surface area contributed by atoms with Crippen LogP contribution in [0.1, 0.15) is 17.0 Å². The summed E-state index contributed by atoms with van der Waals surface area (Å²) < 4.78 is 59.3. The number of aromatic nitrogens is 2. The zero-order valence-corrected chi connectivity index (χ0v) is 14.3. The zero-order valence-electron chi connectivity index (χ0n) is 14.3. The fourth-order valence-corrected chi connectivity index (χ4v) is 2.18. The van der Waals surface area contributed by atoms with Gasteiger partial charge in [-0.2, -0.15) is 27.8 Å². The van der Waals surface area contributed by atoms with Gasteiger partial charge in [0.25, 0.3) is 5.91 Å². The van der Waals surface area contributed by atoms with E-state index in [0.717, 1.165) is 29.7 Å². The van der Waals surface area contributed by atoms with Crippen molar-refractivity contribution in [3.63, 3.8) is 0 Å². The predicted octanol–water partition coefficient (Wildman–Crippen LogP) is 2.85. The van der Waals surface area contributed by atoms with Crippen LogP contribution in [0.25, 0.3) is 0 Å². The Morgan fingerprint density at radius 2 is 1.93 bits per heavy atom. The molecule has 1 heterocycles. The summed E-state index contributed by atoms with van der Waals surface area (Å²) in [5.41, 5.74) is 3.79. The van der Waals surface area contributed by atoms with E-state index in [1.165, 1.54) is 10.7 Å². The molecule has 0 saturated heterocycles. The Balaban J connectivity index is 2.05. The maximum Gasteiger partial charge on any atom is 0.387 e. The third-order valence-corrected chi connectivity index (χ3v) is 3.22. The molecule has 1 aromatic carbocycles. The molecule has 0 spiro atoms. The van der Waals surface area contributed by atoms with E-state index in [0.29, 0.717) is 0 Å². The molecule has 7 nitrogen and oxygen atoms in total. The van der Waals surface area contributed by atoms with Crippen LogP contribution in [0, 0.1) is 13.8 Å². The van der Waals surface area contributed by atoms with Gasteiger partial charge in [0.15, 0.2) is 0 Å². The summed E-state index contributed by atoms with van der Waals surface area (Å²) >= 11 is 0. The first-order valence-electron chi connectivity index (χ1n) is 7.61. The minimum absolute atomic E-state index is 0.0309. The number of benzene rings is 1. The van der Waals surface area contributed by atoms with Crippen LogP contribution in [0.2, 0.25) is 0 Å². The Morgan fingerprint density at radius 3 is 2.52 bits per heavy atom. The SMILES string of the molecule is Cc1cc(C)n(CC(=O)N/N=C\c2ccc(OC(F)F)cc2OC(F)F)n1. The first-order valence-corrected chi connectivity index (χ1v) is 7.61. The van der Waals surface area contributed by atoms with Crippen molar-refractivity contribution in [1.82, 2.24) is 15.2 Å². The van der Waals surface area contributed by atoms with Gasteiger partial charge in [0, 0.05) is 17.3 Å². The molecule has 0 aliphatic rings. The van der Waals surface area contributed by atoms with E-state index in [1.54, 1.807) is 19.9 Å². The van der Waals surface area contributed by atoms with Crippen molar-refractivity contribution >= 4 is 12.1 Å². The second kappa shape index (κ2) is 9.01. The summed E-state index contributed by atoms with van der Waals surface area (Å²) in [6, 6.07) is 4.99. The van der Waals surface area contributed by atoms with Gasteiger partial charge in [-0.15, -0.1) is 0 Å². The lowest BCUT2D eigenvalue weighted by Gasteiger charge is -2.10. The molecule has 1 aromatic heterocycles. The Morgan fingerprint density at radius 1 is 1.22 bits per heavy atom. The number of rotatable bonds is 8. The summed E-state index contributed by atoms with van der Waals surface area (Å²) in [5.74, 6) is -1.28. The normalized spacial score (nSPS) is 11.4. The van der Waals surface area contributed by atoms with E-state index < -0.39 is 24.9 Å². The Hall–Kier alpha value is -3.11. The molecule has 1 amide bonds. The predicted molar refractivity (Wildman–Crippen MR) is 87.1 cm³/mol. The van der Waals surface area contributed by atoms with Gasteiger partial charge in [-0.05, 0) is 32.0 Å². The van der Waals surface area contributed by atoms with E-state index in [2.05, 4.69) is 25.1 Å². The molecule has 1 N–H and O–H groups in total.